The van der Waals surface area contributed by atoms with Crippen molar-refractivity contribution in [3.05, 3.63) is 11.8 Å². The summed E-state index contributed by atoms with van der Waals surface area (Å²) in [6.45, 7) is 9.18. The van der Waals surface area contributed by atoms with Gasteiger partial charge in [0.2, 0.25) is 0 Å². The second kappa shape index (κ2) is 11.7. The van der Waals surface area contributed by atoms with Crippen LogP contribution in [0.15, 0.2) is 11.8 Å². The van der Waals surface area contributed by atoms with Gasteiger partial charge in [0, 0.05) is 0 Å². The van der Waals surface area contributed by atoms with Crippen LogP contribution in [0.1, 0.15) is 72.6 Å². The molecule has 0 amide bonds. The molecule has 0 aromatic rings. The molecule has 114 valence electrons. The van der Waals surface area contributed by atoms with Crippen molar-refractivity contribution in [3.8, 4) is 0 Å². The van der Waals surface area contributed by atoms with Gasteiger partial charge in [-0.15, -0.1) is 0 Å². The number of unbranched alkanes of at least 4 members (excludes halogenated alkanes) is 5. The van der Waals surface area contributed by atoms with E-state index in [0.717, 1.165) is 6.42 Å². The Balaban J connectivity index is 3.86. The highest BCUT2D eigenvalue weighted by Gasteiger charge is 2.22. The summed E-state index contributed by atoms with van der Waals surface area (Å²) in [5.74, 6) is 0. The Labute approximate surface area is 122 Å². The lowest BCUT2D eigenvalue weighted by Crippen LogP contribution is -2.29. The normalized spacial score (nSPS) is 14.2. The Hall–Kier alpha value is -0.0831. The van der Waals surface area contributed by atoms with E-state index in [1.807, 2.05) is 0 Å². The molecule has 1 atom stereocenters. The minimum Gasteiger partial charge on any atom is -0.389 e. The maximum absolute atomic E-state index is 10.0. The van der Waals surface area contributed by atoms with Crippen molar-refractivity contribution in [3.63, 3.8) is 0 Å². The number of rotatable bonds is 12. The van der Waals surface area contributed by atoms with Crippen LogP contribution in [-0.4, -0.2) is 19.3 Å². The molecule has 19 heavy (non-hydrogen) atoms. The molecular weight excluding hydrogens is 248 g/mol. The van der Waals surface area contributed by atoms with Crippen LogP contribution in [0.4, 0.5) is 0 Å². The van der Waals surface area contributed by atoms with E-state index in [-0.39, 0.29) is 6.10 Å². The third-order valence-corrected chi connectivity index (χ3v) is 9.76. The molecule has 0 rings (SSSR count). The minimum atomic E-state index is -1.19. The quantitative estimate of drug-likeness (QED) is 0.360. The van der Waals surface area contributed by atoms with Crippen LogP contribution in [-0.2, 0) is 0 Å². The monoisotopic (exact) mass is 284 g/mol. The molecule has 0 heterocycles. The van der Waals surface area contributed by atoms with E-state index in [1.165, 1.54) is 56.7 Å². The lowest BCUT2D eigenvalue weighted by atomic mass is 10.1. The van der Waals surface area contributed by atoms with Gasteiger partial charge in [-0.1, -0.05) is 96.1 Å². The molecule has 0 saturated carbocycles. The van der Waals surface area contributed by atoms with Crippen LogP contribution in [0.25, 0.3) is 0 Å². The van der Waals surface area contributed by atoms with Gasteiger partial charge in [0.05, 0.1) is 14.2 Å². The molecule has 1 N–H and O–H groups in total. The van der Waals surface area contributed by atoms with Crippen LogP contribution < -0.4 is 0 Å². The van der Waals surface area contributed by atoms with Crippen LogP contribution in [0.2, 0.25) is 18.1 Å². The number of hydrogen-bond acceptors (Lipinski definition) is 1. The van der Waals surface area contributed by atoms with Gasteiger partial charge < -0.3 is 5.11 Å². The van der Waals surface area contributed by atoms with Crippen molar-refractivity contribution < 1.29 is 5.11 Å². The lowest BCUT2D eigenvalue weighted by molar-refractivity contribution is 0.208. The largest absolute Gasteiger partial charge is 0.389 e. The van der Waals surface area contributed by atoms with Gasteiger partial charge in [-0.05, 0) is 6.42 Å². The second-order valence-corrected chi connectivity index (χ2v) is 11.1. The number of hydrogen-bond donors (Lipinski definition) is 1. The fourth-order valence-electron chi connectivity index (χ4n) is 2.65. The first kappa shape index (κ1) is 18.9. The van der Waals surface area contributed by atoms with E-state index in [2.05, 4.69) is 39.5 Å². The summed E-state index contributed by atoms with van der Waals surface area (Å²) >= 11 is 0. The second-order valence-electron chi connectivity index (χ2n) is 5.91. The van der Waals surface area contributed by atoms with Gasteiger partial charge >= 0.3 is 0 Å². The summed E-state index contributed by atoms with van der Waals surface area (Å²) < 4.78 is 0. The van der Waals surface area contributed by atoms with Crippen LogP contribution in [0.3, 0.4) is 0 Å². The van der Waals surface area contributed by atoms with Crippen molar-refractivity contribution in [1.82, 2.24) is 0 Å². The molecule has 0 spiro atoms. The third-order valence-electron chi connectivity index (χ3n) is 4.64. The molecule has 0 bridgehead atoms. The molecule has 0 saturated heterocycles. The molecule has 0 aliphatic rings. The van der Waals surface area contributed by atoms with E-state index in [0.29, 0.717) is 0 Å². The number of aliphatic hydroxyl groups is 1. The van der Waals surface area contributed by atoms with Crippen molar-refractivity contribution in [1.29, 1.82) is 0 Å². The number of aliphatic hydroxyl groups excluding tert-OH is 1. The highest BCUT2D eigenvalue weighted by Crippen LogP contribution is 2.22. The maximum Gasteiger partial charge on any atom is 0.0767 e. The first-order valence-corrected chi connectivity index (χ1v) is 11.2. The van der Waals surface area contributed by atoms with E-state index < -0.39 is 8.07 Å². The Morgan fingerprint density at radius 1 is 0.842 bits per heavy atom. The molecule has 0 unspecified atom stereocenters. The standard InChI is InChI=1S/C17H36OSi/c1-5-9-10-11-12-13-14-17(18)15-16-19(6-2,7-3)8-4/h15-18H,5-14H2,1-4H3/b16-15+/t17-/m0/s1. The predicted octanol–water partition coefficient (Wildman–Crippen LogP) is 5.70. The maximum atomic E-state index is 10.0. The minimum absolute atomic E-state index is 0.206. The molecular formula is C17H36OSi. The molecule has 0 fully saturated rings. The molecule has 1 nitrogen and oxygen atoms in total. The smallest absolute Gasteiger partial charge is 0.0767 e. The van der Waals surface area contributed by atoms with Crippen molar-refractivity contribution in [2.45, 2.75) is 96.9 Å². The van der Waals surface area contributed by atoms with Crippen LogP contribution >= 0.6 is 0 Å². The van der Waals surface area contributed by atoms with Crippen LogP contribution in [0.5, 0.6) is 0 Å². The highest BCUT2D eigenvalue weighted by atomic mass is 28.3. The molecule has 0 aromatic heterocycles. The Bertz CT molecular complexity index is 213. The van der Waals surface area contributed by atoms with Crippen molar-refractivity contribution in [2.24, 2.45) is 0 Å². The van der Waals surface area contributed by atoms with E-state index in [4.69, 9.17) is 0 Å². The zero-order valence-electron chi connectivity index (χ0n) is 13.8. The fraction of sp³-hybridized carbons (Fsp3) is 0.882. The Morgan fingerprint density at radius 3 is 1.89 bits per heavy atom. The summed E-state index contributed by atoms with van der Waals surface area (Å²) in [5.41, 5.74) is 2.41. The van der Waals surface area contributed by atoms with Gasteiger partial charge in [-0.2, -0.15) is 0 Å². The summed E-state index contributed by atoms with van der Waals surface area (Å²) in [6, 6.07) is 3.92. The van der Waals surface area contributed by atoms with Crippen LogP contribution in [0, 0.1) is 0 Å². The third kappa shape index (κ3) is 8.64. The van der Waals surface area contributed by atoms with Gasteiger partial charge in [-0.25, -0.2) is 0 Å². The lowest BCUT2D eigenvalue weighted by Gasteiger charge is -2.24. The fourth-order valence-corrected chi connectivity index (χ4v) is 5.49. The zero-order valence-corrected chi connectivity index (χ0v) is 14.8. The summed E-state index contributed by atoms with van der Waals surface area (Å²) in [6.07, 6.45) is 10.7. The average molecular weight is 285 g/mol. The van der Waals surface area contributed by atoms with Gasteiger partial charge in [-0.3, -0.25) is 0 Å². The Morgan fingerprint density at radius 2 is 1.37 bits per heavy atom. The van der Waals surface area contributed by atoms with Crippen molar-refractivity contribution in [2.75, 3.05) is 0 Å². The molecule has 0 aliphatic heterocycles. The Kier molecular flexibility index (Phi) is 11.7. The molecule has 0 aliphatic carbocycles. The van der Waals surface area contributed by atoms with E-state index in [9.17, 15) is 5.11 Å². The predicted molar refractivity (Wildman–Crippen MR) is 90.3 cm³/mol. The molecule has 0 radical (unpaired) electrons. The zero-order chi connectivity index (χ0) is 14.6. The first-order chi connectivity index (χ1) is 9.14. The van der Waals surface area contributed by atoms with Gasteiger partial charge in [0.1, 0.15) is 0 Å². The highest BCUT2D eigenvalue weighted by molar-refractivity contribution is 6.84. The first-order valence-electron chi connectivity index (χ1n) is 8.51. The van der Waals surface area contributed by atoms with Crippen molar-refractivity contribution >= 4 is 8.07 Å². The van der Waals surface area contributed by atoms with Gasteiger partial charge in [0.25, 0.3) is 0 Å². The molecule has 0 aromatic carbocycles. The van der Waals surface area contributed by atoms with E-state index in [1.54, 1.807) is 0 Å². The van der Waals surface area contributed by atoms with Gasteiger partial charge in [0.15, 0.2) is 0 Å². The topological polar surface area (TPSA) is 20.2 Å². The summed E-state index contributed by atoms with van der Waals surface area (Å²) in [4.78, 5) is 0. The summed E-state index contributed by atoms with van der Waals surface area (Å²) in [5, 5.41) is 10.0. The summed E-state index contributed by atoms with van der Waals surface area (Å²) in [7, 11) is -1.19. The van der Waals surface area contributed by atoms with E-state index >= 15 is 0 Å². The SMILES string of the molecule is CCCCCCCC[C@H](O)/C=C/[Si](CC)(CC)CC. The molecule has 2 heteroatoms. The average Bonchev–Trinajstić information content (AvgIpc) is 2.45.